The van der Waals surface area contributed by atoms with Gasteiger partial charge in [0.15, 0.2) is 0 Å². The van der Waals surface area contributed by atoms with Gasteiger partial charge in [0.1, 0.15) is 5.75 Å². The summed E-state index contributed by atoms with van der Waals surface area (Å²) in [5, 5.41) is 2.28. The Balaban J connectivity index is 2.30. The molecule has 0 unspecified atom stereocenters. The Hall–Kier alpha value is -1.28. The van der Waals surface area contributed by atoms with Crippen LogP contribution in [0, 0.1) is 0 Å². The van der Waals surface area contributed by atoms with Gasteiger partial charge in [-0.15, -0.1) is 0 Å². The lowest BCUT2D eigenvalue weighted by Gasteiger charge is -2.15. The van der Waals surface area contributed by atoms with Crippen molar-refractivity contribution in [3.8, 4) is 5.75 Å². The number of unbranched alkanes of at least 4 members (excludes halogenated alkanes) is 1. The second kappa shape index (κ2) is 9.62. The van der Waals surface area contributed by atoms with Crippen molar-refractivity contribution < 1.29 is 10.1 Å². The van der Waals surface area contributed by atoms with Gasteiger partial charge < -0.3 is 10.1 Å². The van der Waals surface area contributed by atoms with Crippen molar-refractivity contribution >= 4 is 0 Å². The molecule has 0 aliphatic rings. The van der Waals surface area contributed by atoms with Gasteiger partial charge in [-0.1, -0.05) is 38.6 Å². The summed E-state index contributed by atoms with van der Waals surface area (Å²) in [6, 6.07) is 8.42. The quantitative estimate of drug-likeness (QED) is 0.509. The molecule has 0 saturated carbocycles. The Morgan fingerprint density at radius 2 is 2.11 bits per heavy atom. The first-order valence-electron chi connectivity index (χ1n) is 7.43. The molecule has 19 heavy (non-hydrogen) atoms. The molecule has 0 spiro atoms. The van der Waals surface area contributed by atoms with E-state index in [0.29, 0.717) is 5.92 Å². The van der Waals surface area contributed by atoms with E-state index in [2.05, 4.69) is 50.0 Å². The highest BCUT2D eigenvalue weighted by atomic mass is 16.5. The van der Waals surface area contributed by atoms with E-state index in [1.807, 2.05) is 6.08 Å². The van der Waals surface area contributed by atoms with E-state index in [4.69, 9.17) is 4.74 Å². The molecule has 1 atom stereocenters. The van der Waals surface area contributed by atoms with Crippen LogP contribution in [0.15, 0.2) is 36.9 Å². The Kier molecular flexibility index (Phi) is 7.99. The summed E-state index contributed by atoms with van der Waals surface area (Å²) in [6.07, 6.45) is 5.40. The van der Waals surface area contributed by atoms with Crippen LogP contribution in [0.25, 0.3) is 0 Å². The number of nitrogens with two attached hydrogens (primary N) is 1. The predicted octanol–water partition coefficient (Wildman–Crippen LogP) is 3.11. The Bertz CT molecular complexity index is 362. The zero-order chi connectivity index (χ0) is 13.9. The standard InChI is InChI=1S/C17H27NO/c1-4-12-18-13-8-9-14-19-17-11-7-6-10-16(17)15(3)5-2/h4,6-7,10-11,15,18H,1,5,8-9,12-14H2,2-3H3/p+1/t15-/m0/s1. The molecule has 0 heterocycles. The molecule has 2 N–H and O–H groups in total. The number of hydrogen-bond acceptors (Lipinski definition) is 1. The highest BCUT2D eigenvalue weighted by Gasteiger charge is 2.08. The second-order valence-electron chi connectivity index (χ2n) is 5.00. The molecule has 1 rings (SSSR count). The molecular weight excluding hydrogens is 234 g/mol. The van der Waals surface area contributed by atoms with Crippen LogP contribution in [0.3, 0.4) is 0 Å². The van der Waals surface area contributed by atoms with Gasteiger partial charge in [-0.05, 0) is 42.9 Å². The molecular formula is C17H28NO+. The lowest BCUT2D eigenvalue weighted by molar-refractivity contribution is -0.646. The Labute approximate surface area is 117 Å². The molecule has 2 nitrogen and oxygen atoms in total. The molecule has 0 aliphatic heterocycles. The van der Waals surface area contributed by atoms with Crippen LogP contribution in [-0.2, 0) is 0 Å². The van der Waals surface area contributed by atoms with E-state index in [0.717, 1.165) is 38.3 Å². The van der Waals surface area contributed by atoms with E-state index in [9.17, 15) is 0 Å². The summed E-state index contributed by atoms with van der Waals surface area (Å²) in [6.45, 7) is 11.2. The van der Waals surface area contributed by atoms with E-state index in [-0.39, 0.29) is 0 Å². The smallest absolute Gasteiger partial charge is 0.122 e. The maximum absolute atomic E-state index is 5.93. The molecule has 1 aromatic carbocycles. The molecule has 0 radical (unpaired) electrons. The lowest BCUT2D eigenvalue weighted by Crippen LogP contribution is -2.83. The summed E-state index contributed by atoms with van der Waals surface area (Å²) in [4.78, 5) is 0. The number of rotatable bonds is 10. The van der Waals surface area contributed by atoms with Crippen LogP contribution in [0.2, 0.25) is 0 Å². The van der Waals surface area contributed by atoms with E-state index < -0.39 is 0 Å². The number of quaternary nitrogens is 1. The first-order chi connectivity index (χ1) is 9.29. The van der Waals surface area contributed by atoms with Crippen molar-refractivity contribution in [2.75, 3.05) is 19.7 Å². The summed E-state index contributed by atoms with van der Waals surface area (Å²) < 4.78 is 5.93. The highest BCUT2D eigenvalue weighted by molar-refractivity contribution is 5.35. The molecule has 0 aliphatic carbocycles. The van der Waals surface area contributed by atoms with Crippen LogP contribution in [0.5, 0.6) is 5.75 Å². The fraction of sp³-hybridized carbons (Fsp3) is 0.529. The van der Waals surface area contributed by atoms with Crippen molar-refractivity contribution in [1.82, 2.24) is 0 Å². The van der Waals surface area contributed by atoms with Crippen molar-refractivity contribution in [1.29, 1.82) is 0 Å². The molecule has 106 valence electrons. The Morgan fingerprint density at radius 1 is 1.32 bits per heavy atom. The minimum Gasteiger partial charge on any atom is -0.493 e. The van der Waals surface area contributed by atoms with Crippen molar-refractivity contribution in [2.45, 2.75) is 39.0 Å². The van der Waals surface area contributed by atoms with Crippen molar-refractivity contribution in [2.24, 2.45) is 0 Å². The third-order valence-electron chi connectivity index (χ3n) is 3.46. The van der Waals surface area contributed by atoms with Gasteiger partial charge >= 0.3 is 0 Å². The average molecular weight is 262 g/mol. The normalized spacial score (nSPS) is 12.1. The molecule has 0 fully saturated rings. The van der Waals surface area contributed by atoms with Gasteiger partial charge in [0.25, 0.3) is 0 Å². The summed E-state index contributed by atoms with van der Waals surface area (Å²) in [5.41, 5.74) is 1.34. The van der Waals surface area contributed by atoms with Crippen molar-refractivity contribution in [3.63, 3.8) is 0 Å². The molecule has 0 amide bonds. The van der Waals surface area contributed by atoms with Gasteiger partial charge in [-0.25, -0.2) is 0 Å². The molecule has 1 aromatic rings. The van der Waals surface area contributed by atoms with E-state index >= 15 is 0 Å². The van der Waals surface area contributed by atoms with Gasteiger partial charge in [-0.2, -0.15) is 0 Å². The molecule has 0 aromatic heterocycles. The lowest BCUT2D eigenvalue weighted by atomic mass is 9.98. The number of hydrogen-bond donors (Lipinski definition) is 1. The topological polar surface area (TPSA) is 25.8 Å². The van der Waals surface area contributed by atoms with Crippen molar-refractivity contribution in [3.05, 3.63) is 42.5 Å². The first kappa shape index (κ1) is 15.8. The fourth-order valence-electron chi connectivity index (χ4n) is 2.05. The molecule has 2 heteroatoms. The average Bonchev–Trinajstić information content (AvgIpc) is 2.46. The van der Waals surface area contributed by atoms with Gasteiger partial charge in [0.2, 0.25) is 0 Å². The number of benzene rings is 1. The number of ether oxygens (including phenoxy) is 1. The van der Waals surface area contributed by atoms with Gasteiger partial charge in [0.05, 0.1) is 19.7 Å². The largest absolute Gasteiger partial charge is 0.493 e. The second-order valence-corrected chi connectivity index (χ2v) is 5.00. The van der Waals surface area contributed by atoms with Crippen LogP contribution in [0.1, 0.15) is 44.6 Å². The van der Waals surface area contributed by atoms with Gasteiger partial charge in [0, 0.05) is 0 Å². The third kappa shape index (κ3) is 5.93. The predicted molar refractivity (Wildman–Crippen MR) is 81.7 cm³/mol. The van der Waals surface area contributed by atoms with Crippen LogP contribution < -0.4 is 10.1 Å². The molecule has 0 bridgehead atoms. The first-order valence-corrected chi connectivity index (χ1v) is 7.43. The highest BCUT2D eigenvalue weighted by Crippen LogP contribution is 2.28. The maximum atomic E-state index is 5.93. The van der Waals surface area contributed by atoms with Crippen LogP contribution in [-0.4, -0.2) is 19.7 Å². The number of para-hydroxylation sites is 1. The zero-order valence-electron chi connectivity index (χ0n) is 12.4. The summed E-state index contributed by atoms with van der Waals surface area (Å²) >= 11 is 0. The molecule has 0 saturated heterocycles. The maximum Gasteiger partial charge on any atom is 0.122 e. The fourth-order valence-corrected chi connectivity index (χ4v) is 2.05. The van der Waals surface area contributed by atoms with Crippen LogP contribution in [0.4, 0.5) is 0 Å². The third-order valence-corrected chi connectivity index (χ3v) is 3.46. The monoisotopic (exact) mass is 262 g/mol. The summed E-state index contributed by atoms with van der Waals surface area (Å²) in [7, 11) is 0. The van der Waals surface area contributed by atoms with E-state index in [1.54, 1.807) is 0 Å². The van der Waals surface area contributed by atoms with Crippen LogP contribution >= 0.6 is 0 Å². The zero-order valence-corrected chi connectivity index (χ0v) is 12.4. The minimum absolute atomic E-state index is 0.567. The SMILES string of the molecule is C=CC[NH2+]CCCCOc1ccccc1[C@@H](C)CC. The minimum atomic E-state index is 0.567. The van der Waals surface area contributed by atoms with E-state index in [1.165, 1.54) is 12.0 Å². The summed E-state index contributed by atoms with van der Waals surface area (Å²) in [5.74, 6) is 1.63. The van der Waals surface area contributed by atoms with Gasteiger partial charge in [-0.3, -0.25) is 0 Å². The Morgan fingerprint density at radius 3 is 2.84 bits per heavy atom.